The molecule has 1 aliphatic carbocycles. The summed E-state index contributed by atoms with van der Waals surface area (Å²) < 4.78 is 2.78. The van der Waals surface area contributed by atoms with Gasteiger partial charge >= 0.3 is 0 Å². The van der Waals surface area contributed by atoms with Gasteiger partial charge in [0.25, 0.3) is 6.71 Å². The van der Waals surface area contributed by atoms with Crippen LogP contribution in [0, 0.1) is 20.8 Å². The summed E-state index contributed by atoms with van der Waals surface area (Å²) in [6.07, 6.45) is 2.37. The Morgan fingerprint density at radius 1 is 0.523 bits per heavy atom. The van der Waals surface area contributed by atoms with Crippen LogP contribution in [0.1, 0.15) is 147 Å². The summed E-state index contributed by atoms with van der Waals surface area (Å²) in [4.78, 5) is 5.33. The quantitative estimate of drug-likeness (QED) is 0.163. The molecule has 0 fully saturated rings. The molecule has 0 spiro atoms. The van der Waals surface area contributed by atoms with E-state index in [1.807, 2.05) is 11.3 Å². The molecule has 6 aromatic carbocycles. The fraction of sp³-hybridized carbons (Fsp3) is 0.377. The molecule has 10 rings (SSSR count). The third-order valence-corrected chi connectivity index (χ3v) is 16.7. The summed E-state index contributed by atoms with van der Waals surface area (Å²) in [7, 11) is 0. The highest BCUT2D eigenvalue weighted by molar-refractivity contribution is 7.33. The van der Waals surface area contributed by atoms with E-state index in [-0.39, 0.29) is 33.8 Å². The van der Waals surface area contributed by atoms with Gasteiger partial charge in [0, 0.05) is 43.3 Å². The van der Waals surface area contributed by atoms with Gasteiger partial charge in [0.15, 0.2) is 0 Å². The lowest BCUT2D eigenvalue weighted by Gasteiger charge is -2.45. The lowest BCUT2D eigenvalue weighted by Crippen LogP contribution is -2.60. The molecule has 0 saturated heterocycles. The van der Waals surface area contributed by atoms with Gasteiger partial charge in [0.1, 0.15) is 0 Å². The third-order valence-electron chi connectivity index (χ3n) is 15.4. The first-order valence-corrected chi connectivity index (χ1v) is 25.0. The molecule has 0 unspecified atom stereocenters. The second kappa shape index (κ2) is 14.5. The maximum absolute atomic E-state index is 2.72. The molecule has 0 bridgehead atoms. The second-order valence-corrected chi connectivity index (χ2v) is 25.5. The minimum absolute atomic E-state index is 0.00472. The van der Waals surface area contributed by atoms with Crippen LogP contribution in [0.25, 0.3) is 21.2 Å². The molecule has 4 heteroatoms. The monoisotopic (exact) mass is 873 g/mol. The summed E-state index contributed by atoms with van der Waals surface area (Å²) >= 11 is 2.01. The van der Waals surface area contributed by atoms with E-state index in [9.17, 15) is 0 Å². The first-order valence-electron chi connectivity index (χ1n) is 24.2. The van der Waals surface area contributed by atoms with Crippen molar-refractivity contribution in [3.63, 3.8) is 0 Å². The largest absolute Gasteiger partial charge is 0.311 e. The zero-order valence-electron chi connectivity index (χ0n) is 42.1. The van der Waals surface area contributed by atoms with Crippen LogP contribution in [0.3, 0.4) is 0 Å². The summed E-state index contributed by atoms with van der Waals surface area (Å²) in [5.74, 6) is 0. The van der Waals surface area contributed by atoms with Crippen molar-refractivity contribution in [2.24, 2.45) is 0 Å². The van der Waals surface area contributed by atoms with Gasteiger partial charge in [0.05, 0.1) is 5.69 Å². The Hall–Kier alpha value is -5.06. The predicted molar refractivity (Wildman–Crippen MR) is 287 cm³/mol. The molecule has 332 valence electrons. The van der Waals surface area contributed by atoms with Gasteiger partial charge in [0.2, 0.25) is 0 Å². The maximum Gasteiger partial charge on any atom is 0.264 e. The average Bonchev–Trinajstić information content (AvgIpc) is 3.59. The van der Waals surface area contributed by atoms with Gasteiger partial charge in [-0.15, -0.1) is 11.3 Å². The first kappa shape index (κ1) is 43.8. The van der Waals surface area contributed by atoms with E-state index in [0.717, 1.165) is 0 Å². The number of benzene rings is 6. The highest BCUT2D eigenvalue weighted by atomic mass is 32.1. The van der Waals surface area contributed by atoms with Gasteiger partial charge in [-0.3, -0.25) is 0 Å². The van der Waals surface area contributed by atoms with Crippen molar-refractivity contribution in [1.82, 2.24) is 0 Å². The highest BCUT2D eigenvalue weighted by Crippen LogP contribution is 2.53. The van der Waals surface area contributed by atoms with E-state index in [2.05, 4.69) is 224 Å². The van der Waals surface area contributed by atoms with Crippen molar-refractivity contribution in [1.29, 1.82) is 0 Å². The summed E-state index contributed by atoms with van der Waals surface area (Å²) in [5, 5.41) is 1.35. The highest BCUT2D eigenvalue weighted by Gasteiger charge is 2.47. The summed E-state index contributed by atoms with van der Waals surface area (Å²) in [6, 6.07) is 41.6. The molecular weight excluding hydrogens is 804 g/mol. The van der Waals surface area contributed by atoms with Crippen molar-refractivity contribution in [2.45, 2.75) is 151 Å². The minimum atomic E-state index is -0.0172. The first-order chi connectivity index (χ1) is 30.3. The number of thiophene rings is 1. The number of hydrogen-bond acceptors (Lipinski definition) is 3. The van der Waals surface area contributed by atoms with Gasteiger partial charge in [-0.1, -0.05) is 144 Å². The van der Waals surface area contributed by atoms with E-state index >= 15 is 0 Å². The topological polar surface area (TPSA) is 6.48 Å². The number of hydrogen-bond donors (Lipinski definition) is 0. The molecule has 0 amide bonds. The van der Waals surface area contributed by atoms with Crippen LogP contribution in [0.5, 0.6) is 0 Å². The number of fused-ring (bicyclic) bond motifs is 7. The van der Waals surface area contributed by atoms with Crippen LogP contribution in [-0.2, 0) is 27.1 Å². The fourth-order valence-electron chi connectivity index (χ4n) is 11.6. The number of aryl methyl sites for hydroxylation is 3. The Morgan fingerprint density at radius 3 is 1.68 bits per heavy atom. The number of rotatable bonds is 3. The number of anilines is 6. The van der Waals surface area contributed by atoms with Gasteiger partial charge < -0.3 is 9.80 Å². The Kier molecular flexibility index (Phi) is 9.76. The molecular formula is C61H69BN2S. The average molecular weight is 873 g/mol. The molecule has 0 radical (unpaired) electrons. The van der Waals surface area contributed by atoms with Crippen molar-refractivity contribution in [3.8, 4) is 11.1 Å². The smallest absolute Gasteiger partial charge is 0.264 e. The Morgan fingerprint density at radius 2 is 1.06 bits per heavy atom. The lowest BCUT2D eigenvalue weighted by molar-refractivity contribution is 0.332. The standard InChI is InChI=1S/C61H69BN2S/c1-36-29-37(2)53(38(3)30-36)39-31-50-54-51(32-39)64(44-23-24-46-47(35-44)61(15,16)28-27-60(46,13)14)55-45-33-41(58(7,8)9)20-26-52(45)65-56(55)62(54)48-34-42(59(10,11)12)19-25-49(48)63(50)43-21-17-40(18-22-43)57(4,5)6/h17-26,29-35H,27-28H2,1-16H3. The van der Waals surface area contributed by atoms with Crippen molar-refractivity contribution in [2.75, 3.05) is 9.80 Å². The van der Waals surface area contributed by atoms with Gasteiger partial charge in [-0.05, 0) is 176 Å². The van der Waals surface area contributed by atoms with Gasteiger partial charge in [-0.25, -0.2) is 0 Å². The van der Waals surface area contributed by atoms with Crippen LogP contribution in [0.2, 0.25) is 0 Å². The molecule has 0 atom stereocenters. The molecule has 0 N–H and O–H groups in total. The van der Waals surface area contributed by atoms with Crippen LogP contribution >= 0.6 is 11.3 Å². The Labute approximate surface area is 395 Å². The second-order valence-electron chi connectivity index (χ2n) is 24.4. The Balaban J connectivity index is 1.38. The van der Waals surface area contributed by atoms with Crippen molar-refractivity contribution >= 4 is 78.0 Å². The summed E-state index contributed by atoms with van der Waals surface area (Å²) in [6.45, 7) is 37.8. The molecule has 3 heterocycles. The third kappa shape index (κ3) is 7.03. The number of nitrogens with zero attached hydrogens (tertiary/aromatic N) is 2. The zero-order chi connectivity index (χ0) is 46.5. The molecule has 3 aliphatic rings. The molecule has 65 heavy (non-hydrogen) atoms. The molecule has 2 aliphatic heterocycles. The van der Waals surface area contributed by atoms with Crippen molar-refractivity contribution < 1.29 is 0 Å². The minimum Gasteiger partial charge on any atom is -0.311 e. The van der Waals surface area contributed by atoms with E-state index in [1.165, 1.54) is 128 Å². The van der Waals surface area contributed by atoms with Crippen LogP contribution < -0.4 is 25.5 Å². The van der Waals surface area contributed by atoms with E-state index < -0.39 is 0 Å². The van der Waals surface area contributed by atoms with E-state index in [4.69, 9.17) is 0 Å². The molecule has 0 saturated carbocycles. The normalized spacial score (nSPS) is 16.3. The summed E-state index contributed by atoms with van der Waals surface area (Å²) in [5.41, 5.74) is 24.2. The van der Waals surface area contributed by atoms with Gasteiger partial charge in [-0.2, -0.15) is 0 Å². The van der Waals surface area contributed by atoms with Crippen LogP contribution in [-0.4, -0.2) is 6.71 Å². The molecule has 7 aromatic rings. The van der Waals surface area contributed by atoms with E-state index in [0.29, 0.717) is 0 Å². The lowest BCUT2D eigenvalue weighted by atomic mass is 9.36. The van der Waals surface area contributed by atoms with Crippen LogP contribution in [0.4, 0.5) is 34.1 Å². The van der Waals surface area contributed by atoms with Crippen molar-refractivity contribution in [3.05, 3.63) is 148 Å². The Bertz CT molecular complexity index is 3060. The maximum atomic E-state index is 2.72. The fourth-order valence-corrected chi connectivity index (χ4v) is 12.9. The SMILES string of the molecule is Cc1cc(C)c(-c2cc3c4c(c2)N(c2ccc5c(c2)C(C)(C)CCC5(C)C)c2c(sc5ccc(C(C)(C)C)cc25)B4c2cc(C(C)(C)C)ccc2N3c2ccc(C(C)(C)C)cc2)c(C)c1. The molecule has 2 nitrogen and oxygen atoms in total. The zero-order valence-corrected chi connectivity index (χ0v) is 42.9. The van der Waals surface area contributed by atoms with Crippen LogP contribution in [0.15, 0.2) is 103 Å². The molecule has 1 aromatic heterocycles. The predicted octanol–water partition coefficient (Wildman–Crippen LogP) is 15.8. The van der Waals surface area contributed by atoms with E-state index in [1.54, 1.807) is 0 Å².